The van der Waals surface area contributed by atoms with Crippen molar-refractivity contribution in [1.82, 2.24) is 10.4 Å². The fourth-order valence-electron chi connectivity index (χ4n) is 1.59. The molecule has 5 heteroatoms. The Morgan fingerprint density at radius 3 is 2.75 bits per heavy atom. The van der Waals surface area contributed by atoms with Gasteiger partial charge in [-0.2, -0.15) is 0 Å². The Labute approximate surface area is 97.1 Å². The predicted molar refractivity (Wildman–Crippen MR) is 62.4 cm³/mol. The van der Waals surface area contributed by atoms with Crippen molar-refractivity contribution in [3.8, 4) is 0 Å². The van der Waals surface area contributed by atoms with Crippen molar-refractivity contribution in [3.63, 3.8) is 0 Å². The number of nitrogens with one attached hydrogen (secondary N) is 1. The van der Waals surface area contributed by atoms with Crippen LogP contribution in [-0.2, 0) is 0 Å². The molecule has 1 atom stereocenters. The van der Waals surface area contributed by atoms with E-state index in [1.807, 2.05) is 18.4 Å². The van der Waals surface area contributed by atoms with Crippen LogP contribution < -0.4 is 11.3 Å². The molecule has 2 aromatic heterocycles. The first-order valence-corrected chi connectivity index (χ1v) is 5.70. The van der Waals surface area contributed by atoms with E-state index in [1.54, 1.807) is 17.5 Å². The van der Waals surface area contributed by atoms with Crippen LogP contribution in [0, 0.1) is 12.7 Å². The third-order valence-corrected chi connectivity index (χ3v) is 3.19. The van der Waals surface area contributed by atoms with E-state index in [1.165, 1.54) is 17.1 Å². The molecule has 0 aliphatic heterocycles. The van der Waals surface area contributed by atoms with E-state index < -0.39 is 0 Å². The Balaban J connectivity index is 2.36. The second kappa shape index (κ2) is 4.69. The molecule has 0 spiro atoms. The number of halogens is 1. The van der Waals surface area contributed by atoms with Gasteiger partial charge in [0.25, 0.3) is 0 Å². The average molecular weight is 237 g/mol. The van der Waals surface area contributed by atoms with E-state index in [0.717, 1.165) is 11.1 Å². The average Bonchev–Trinajstić information content (AvgIpc) is 2.66. The van der Waals surface area contributed by atoms with Crippen LogP contribution in [-0.4, -0.2) is 4.98 Å². The highest BCUT2D eigenvalue weighted by molar-refractivity contribution is 7.10. The van der Waals surface area contributed by atoms with Gasteiger partial charge in [0.05, 0.1) is 12.2 Å². The molecular formula is C11H12FN3S. The highest BCUT2D eigenvalue weighted by Gasteiger charge is 2.14. The summed E-state index contributed by atoms with van der Waals surface area (Å²) in [5.74, 6) is 5.14. The van der Waals surface area contributed by atoms with Gasteiger partial charge >= 0.3 is 0 Å². The minimum absolute atomic E-state index is 0.215. The van der Waals surface area contributed by atoms with Gasteiger partial charge in [0.15, 0.2) is 0 Å². The zero-order valence-electron chi connectivity index (χ0n) is 8.77. The molecule has 0 amide bonds. The van der Waals surface area contributed by atoms with Gasteiger partial charge in [-0.3, -0.25) is 10.8 Å². The SMILES string of the molecule is Cc1cc(C(NN)c2cncc(F)c2)cs1. The number of hydrogen-bond donors (Lipinski definition) is 2. The number of aryl methyl sites for hydroxylation is 1. The van der Waals surface area contributed by atoms with Gasteiger partial charge in [-0.1, -0.05) is 0 Å². The zero-order valence-corrected chi connectivity index (χ0v) is 9.59. The fraction of sp³-hybridized carbons (Fsp3) is 0.182. The zero-order chi connectivity index (χ0) is 11.5. The van der Waals surface area contributed by atoms with Gasteiger partial charge in [-0.05, 0) is 35.6 Å². The predicted octanol–water partition coefficient (Wildman–Crippen LogP) is 2.14. The van der Waals surface area contributed by atoms with E-state index in [4.69, 9.17) is 5.84 Å². The quantitative estimate of drug-likeness (QED) is 0.635. The van der Waals surface area contributed by atoms with Crippen molar-refractivity contribution in [1.29, 1.82) is 0 Å². The third kappa shape index (κ3) is 2.27. The Kier molecular flexibility index (Phi) is 3.28. The summed E-state index contributed by atoms with van der Waals surface area (Å²) in [6.45, 7) is 2.02. The second-order valence-corrected chi connectivity index (χ2v) is 4.64. The van der Waals surface area contributed by atoms with Crippen molar-refractivity contribution in [2.75, 3.05) is 0 Å². The summed E-state index contributed by atoms with van der Waals surface area (Å²) < 4.78 is 13.1. The standard InChI is InChI=1S/C11H12FN3S/c1-7-2-9(6-16-7)11(15-13)8-3-10(12)5-14-4-8/h2-6,11,15H,13H2,1H3. The molecule has 1 unspecified atom stereocenters. The van der Waals surface area contributed by atoms with E-state index in [2.05, 4.69) is 10.4 Å². The van der Waals surface area contributed by atoms with E-state index >= 15 is 0 Å². The van der Waals surface area contributed by atoms with Crippen molar-refractivity contribution in [3.05, 3.63) is 51.7 Å². The number of hydrazine groups is 1. The van der Waals surface area contributed by atoms with Crippen LogP contribution in [0.5, 0.6) is 0 Å². The molecule has 0 bridgehead atoms. The van der Waals surface area contributed by atoms with Crippen LogP contribution in [0.1, 0.15) is 22.0 Å². The molecule has 3 nitrogen and oxygen atoms in total. The second-order valence-electron chi connectivity index (χ2n) is 3.53. The van der Waals surface area contributed by atoms with Crippen LogP contribution >= 0.6 is 11.3 Å². The van der Waals surface area contributed by atoms with Gasteiger partial charge in [0.1, 0.15) is 5.82 Å². The first-order chi connectivity index (χ1) is 7.70. The number of thiophene rings is 1. The van der Waals surface area contributed by atoms with Crippen LogP contribution in [0.2, 0.25) is 0 Å². The molecule has 2 heterocycles. The molecular weight excluding hydrogens is 225 g/mol. The molecule has 0 aliphatic rings. The largest absolute Gasteiger partial charge is 0.271 e. The number of hydrogen-bond acceptors (Lipinski definition) is 4. The molecule has 0 saturated carbocycles. The molecule has 2 rings (SSSR count). The summed E-state index contributed by atoms with van der Waals surface area (Å²) in [7, 11) is 0. The molecule has 3 N–H and O–H groups in total. The Morgan fingerprint density at radius 1 is 1.38 bits per heavy atom. The van der Waals surface area contributed by atoms with Crippen LogP contribution in [0.4, 0.5) is 4.39 Å². The summed E-state index contributed by atoms with van der Waals surface area (Å²) in [6.07, 6.45) is 2.79. The highest BCUT2D eigenvalue weighted by Crippen LogP contribution is 2.25. The molecule has 0 radical (unpaired) electrons. The number of nitrogens with two attached hydrogens (primary N) is 1. The lowest BCUT2D eigenvalue weighted by Gasteiger charge is -2.14. The normalized spacial score (nSPS) is 12.7. The van der Waals surface area contributed by atoms with Gasteiger partial charge < -0.3 is 0 Å². The first-order valence-electron chi connectivity index (χ1n) is 4.82. The van der Waals surface area contributed by atoms with Gasteiger partial charge in [0.2, 0.25) is 0 Å². The molecule has 16 heavy (non-hydrogen) atoms. The van der Waals surface area contributed by atoms with Gasteiger partial charge in [0, 0.05) is 11.1 Å². The highest BCUT2D eigenvalue weighted by atomic mass is 32.1. The van der Waals surface area contributed by atoms with Gasteiger partial charge in [-0.15, -0.1) is 11.3 Å². The number of rotatable bonds is 3. The fourth-order valence-corrected chi connectivity index (χ4v) is 2.32. The molecule has 84 valence electrons. The van der Waals surface area contributed by atoms with E-state index in [0.29, 0.717) is 0 Å². The lowest BCUT2D eigenvalue weighted by atomic mass is 10.0. The Hall–Kier alpha value is -1.30. The van der Waals surface area contributed by atoms with Crippen molar-refractivity contribution in [2.45, 2.75) is 13.0 Å². The lowest BCUT2D eigenvalue weighted by Crippen LogP contribution is -2.28. The van der Waals surface area contributed by atoms with E-state index in [-0.39, 0.29) is 11.9 Å². The van der Waals surface area contributed by atoms with Gasteiger partial charge in [-0.25, -0.2) is 9.82 Å². The van der Waals surface area contributed by atoms with Crippen LogP contribution in [0.15, 0.2) is 29.9 Å². The maximum Gasteiger partial charge on any atom is 0.141 e. The smallest absolute Gasteiger partial charge is 0.141 e. The van der Waals surface area contributed by atoms with Crippen molar-refractivity contribution >= 4 is 11.3 Å². The number of pyridine rings is 1. The third-order valence-electron chi connectivity index (χ3n) is 2.31. The maximum absolute atomic E-state index is 13.1. The van der Waals surface area contributed by atoms with Crippen molar-refractivity contribution in [2.24, 2.45) is 5.84 Å². The topological polar surface area (TPSA) is 50.9 Å². The first kappa shape index (κ1) is 11.2. The number of aromatic nitrogens is 1. The molecule has 0 aliphatic carbocycles. The van der Waals surface area contributed by atoms with E-state index in [9.17, 15) is 4.39 Å². The molecule has 0 saturated heterocycles. The van der Waals surface area contributed by atoms with Crippen LogP contribution in [0.3, 0.4) is 0 Å². The minimum Gasteiger partial charge on any atom is -0.271 e. The molecule has 0 fully saturated rings. The maximum atomic E-state index is 13.1. The summed E-state index contributed by atoms with van der Waals surface area (Å²) >= 11 is 1.64. The van der Waals surface area contributed by atoms with Crippen molar-refractivity contribution < 1.29 is 4.39 Å². The summed E-state index contributed by atoms with van der Waals surface area (Å²) in [6, 6.07) is 3.25. The summed E-state index contributed by atoms with van der Waals surface area (Å²) in [5, 5.41) is 2.00. The Bertz CT molecular complexity index is 484. The monoisotopic (exact) mass is 237 g/mol. The summed E-state index contributed by atoms with van der Waals surface area (Å²) in [5.41, 5.74) is 4.42. The Morgan fingerprint density at radius 2 is 2.19 bits per heavy atom. The minimum atomic E-state index is -0.357. The lowest BCUT2D eigenvalue weighted by molar-refractivity contribution is 0.598. The molecule has 0 aromatic carbocycles. The molecule has 2 aromatic rings. The van der Waals surface area contributed by atoms with Crippen LogP contribution in [0.25, 0.3) is 0 Å². The number of nitrogens with zero attached hydrogens (tertiary/aromatic N) is 1. The summed E-state index contributed by atoms with van der Waals surface area (Å²) in [4.78, 5) is 5.01.